The molecule has 1 nitrogen and oxygen atoms in total. The summed E-state index contributed by atoms with van der Waals surface area (Å²) >= 11 is 14.8. The quantitative estimate of drug-likeness (QED) is 0.688. The van der Waals surface area contributed by atoms with Crippen molar-refractivity contribution in [3.63, 3.8) is 0 Å². The van der Waals surface area contributed by atoms with E-state index in [-0.39, 0.29) is 0 Å². The fraction of sp³-hybridized carbons (Fsp3) is 0.167. The third kappa shape index (κ3) is 3.25. The molecule has 0 saturated heterocycles. The number of halogens is 3. The van der Waals surface area contributed by atoms with Gasteiger partial charge in [0.2, 0.25) is 0 Å². The Hall–Kier alpha value is -0.0300. The van der Waals surface area contributed by atoms with Gasteiger partial charge in [0.25, 0.3) is 0 Å². The van der Waals surface area contributed by atoms with Crippen LogP contribution in [0, 0.1) is 6.92 Å². The lowest BCUT2D eigenvalue weighted by Gasteiger charge is -2.09. The van der Waals surface area contributed by atoms with Gasteiger partial charge in [-0.25, -0.2) is 0 Å². The monoisotopic (exact) mass is 393 g/mol. The third-order valence-corrected chi connectivity index (χ3v) is 6.08. The van der Waals surface area contributed by atoms with Crippen LogP contribution in [0.1, 0.15) is 10.4 Å². The van der Waals surface area contributed by atoms with E-state index in [9.17, 15) is 0 Å². The van der Waals surface area contributed by atoms with Gasteiger partial charge in [0, 0.05) is 26.6 Å². The van der Waals surface area contributed by atoms with Crippen LogP contribution in [0.3, 0.4) is 0 Å². The Kier molecular flexibility index (Phi) is 4.53. The predicted octanol–water partition coefficient (Wildman–Crippen LogP) is 5.85. The average Bonchev–Trinajstić information content (AvgIpc) is 2.61. The van der Waals surface area contributed by atoms with Crippen molar-refractivity contribution in [1.29, 1.82) is 0 Å². The zero-order chi connectivity index (χ0) is 12.4. The summed E-state index contributed by atoms with van der Waals surface area (Å²) < 4.78 is 2.22. The highest BCUT2D eigenvalue weighted by Gasteiger charge is 2.05. The fourth-order valence-corrected chi connectivity index (χ4v) is 3.75. The van der Waals surface area contributed by atoms with Crippen LogP contribution in [0.2, 0.25) is 5.02 Å². The average molecular weight is 396 g/mol. The molecule has 90 valence electrons. The number of hydrogen-bond donors (Lipinski definition) is 1. The minimum Gasteiger partial charge on any atom is -0.380 e. The van der Waals surface area contributed by atoms with E-state index in [2.05, 4.69) is 43.2 Å². The number of nitrogens with one attached hydrogen (secondary N) is 1. The van der Waals surface area contributed by atoms with Crippen molar-refractivity contribution in [3.05, 3.63) is 48.0 Å². The molecular formula is C12H10Br2ClNS. The van der Waals surface area contributed by atoms with Gasteiger partial charge in [-0.15, -0.1) is 11.3 Å². The van der Waals surface area contributed by atoms with Crippen molar-refractivity contribution in [1.82, 2.24) is 0 Å². The van der Waals surface area contributed by atoms with Crippen LogP contribution in [0.25, 0.3) is 0 Å². The van der Waals surface area contributed by atoms with E-state index in [4.69, 9.17) is 11.6 Å². The van der Waals surface area contributed by atoms with E-state index in [0.29, 0.717) is 0 Å². The molecule has 2 aromatic rings. The van der Waals surface area contributed by atoms with Gasteiger partial charge in [0.05, 0.1) is 3.79 Å². The molecule has 1 N–H and O–H groups in total. The molecule has 0 aliphatic carbocycles. The molecule has 5 heteroatoms. The smallest absolute Gasteiger partial charge is 0.0843 e. The molecule has 0 fully saturated rings. The first-order valence-electron chi connectivity index (χ1n) is 5.00. The molecule has 0 amide bonds. The topological polar surface area (TPSA) is 12.0 Å². The van der Waals surface area contributed by atoms with Crippen molar-refractivity contribution in [3.8, 4) is 0 Å². The molecule has 1 heterocycles. The first kappa shape index (κ1) is 13.4. The summed E-state index contributed by atoms with van der Waals surface area (Å²) in [6.07, 6.45) is 0. The van der Waals surface area contributed by atoms with Gasteiger partial charge in [0.1, 0.15) is 0 Å². The lowest BCUT2D eigenvalue weighted by molar-refractivity contribution is 1.18. The van der Waals surface area contributed by atoms with Gasteiger partial charge in [-0.2, -0.15) is 0 Å². The van der Waals surface area contributed by atoms with Crippen LogP contribution in [-0.4, -0.2) is 0 Å². The van der Waals surface area contributed by atoms with Gasteiger partial charge in [-0.1, -0.05) is 17.7 Å². The molecule has 1 aromatic carbocycles. The minimum atomic E-state index is 0.795. The minimum absolute atomic E-state index is 0.795. The summed E-state index contributed by atoms with van der Waals surface area (Å²) in [6, 6.07) is 8.01. The lowest BCUT2D eigenvalue weighted by Crippen LogP contribution is -1.99. The zero-order valence-electron chi connectivity index (χ0n) is 9.06. The first-order chi connectivity index (χ1) is 8.08. The SMILES string of the molecule is Cc1c(Cl)cccc1NCc1cc(Br)c(Br)s1. The van der Waals surface area contributed by atoms with Gasteiger partial charge in [-0.05, 0) is 62.5 Å². The normalized spacial score (nSPS) is 10.6. The van der Waals surface area contributed by atoms with E-state index in [1.165, 1.54) is 4.88 Å². The molecule has 17 heavy (non-hydrogen) atoms. The predicted molar refractivity (Wildman–Crippen MR) is 83.2 cm³/mol. The van der Waals surface area contributed by atoms with Crippen molar-refractivity contribution >= 4 is 60.5 Å². The maximum atomic E-state index is 6.07. The molecule has 0 aliphatic heterocycles. The van der Waals surface area contributed by atoms with E-state index < -0.39 is 0 Å². The van der Waals surface area contributed by atoms with E-state index in [1.54, 1.807) is 11.3 Å². The molecular weight excluding hydrogens is 385 g/mol. The standard InChI is InChI=1S/C12H10Br2ClNS/c1-7-10(15)3-2-4-11(7)16-6-8-5-9(13)12(14)17-8/h2-5,16H,6H2,1H3. The van der Waals surface area contributed by atoms with Gasteiger partial charge in [-0.3, -0.25) is 0 Å². The highest BCUT2D eigenvalue weighted by molar-refractivity contribution is 9.13. The van der Waals surface area contributed by atoms with Crippen molar-refractivity contribution in [2.24, 2.45) is 0 Å². The van der Waals surface area contributed by atoms with E-state index >= 15 is 0 Å². The van der Waals surface area contributed by atoms with Gasteiger partial charge < -0.3 is 5.32 Å². The van der Waals surface area contributed by atoms with Crippen LogP contribution in [0.5, 0.6) is 0 Å². The summed E-state index contributed by atoms with van der Waals surface area (Å²) in [5, 5.41) is 4.19. The second-order valence-electron chi connectivity index (χ2n) is 3.60. The fourth-order valence-electron chi connectivity index (χ4n) is 1.46. The highest BCUT2D eigenvalue weighted by atomic mass is 79.9. The largest absolute Gasteiger partial charge is 0.380 e. The maximum Gasteiger partial charge on any atom is 0.0843 e. The number of benzene rings is 1. The third-order valence-electron chi connectivity index (χ3n) is 2.42. The summed E-state index contributed by atoms with van der Waals surface area (Å²) in [5.74, 6) is 0. The Labute approximate surface area is 126 Å². The Balaban J connectivity index is 2.10. The zero-order valence-corrected chi connectivity index (χ0v) is 13.8. The van der Waals surface area contributed by atoms with Gasteiger partial charge >= 0.3 is 0 Å². The molecule has 0 unspecified atom stereocenters. The maximum absolute atomic E-state index is 6.07. The van der Waals surface area contributed by atoms with Crippen LogP contribution in [0.15, 0.2) is 32.5 Å². The molecule has 0 radical (unpaired) electrons. The lowest BCUT2D eigenvalue weighted by atomic mass is 10.2. The van der Waals surface area contributed by atoms with Crippen molar-refractivity contribution < 1.29 is 0 Å². The molecule has 0 saturated carbocycles. The Bertz CT molecular complexity index is 520. The summed E-state index contributed by atoms with van der Waals surface area (Å²) in [5.41, 5.74) is 2.17. The van der Waals surface area contributed by atoms with E-state index in [0.717, 1.165) is 31.1 Å². The van der Waals surface area contributed by atoms with Crippen LogP contribution >= 0.6 is 54.8 Å². The Morgan fingerprint density at radius 2 is 2.12 bits per heavy atom. The molecule has 1 aromatic heterocycles. The van der Waals surface area contributed by atoms with Crippen molar-refractivity contribution in [2.75, 3.05) is 5.32 Å². The first-order valence-corrected chi connectivity index (χ1v) is 7.78. The number of hydrogen-bond acceptors (Lipinski definition) is 2. The summed E-state index contributed by atoms with van der Waals surface area (Å²) in [7, 11) is 0. The summed E-state index contributed by atoms with van der Waals surface area (Å²) in [4.78, 5) is 1.27. The Morgan fingerprint density at radius 1 is 1.35 bits per heavy atom. The number of anilines is 1. The molecule has 0 aliphatic rings. The van der Waals surface area contributed by atoms with E-state index in [1.807, 2.05) is 25.1 Å². The van der Waals surface area contributed by atoms with Crippen LogP contribution < -0.4 is 5.32 Å². The summed E-state index contributed by atoms with van der Waals surface area (Å²) in [6.45, 7) is 2.82. The van der Waals surface area contributed by atoms with Gasteiger partial charge in [0.15, 0.2) is 0 Å². The highest BCUT2D eigenvalue weighted by Crippen LogP contribution is 2.33. The molecule has 2 rings (SSSR count). The number of rotatable bonds is 3. The molecule has 0 atom stereocenters. The number of thiophene rings is 1. The second kappa shape index (κ2) is 5.74. The Morgan fingerprint density at radius 3 is 2.76 bits per heavy atom. The molecule has 0 spiro atoms. The van der Waals surface area contributed by atoms with Crippen molar-refractivity contribution in [2.45, 2.75) is 13.5 Å². The second-order valence-corrected chi connectivity index (χ2v) is 7.32. The van der Waals surface area contributed by atoms with Crippen LogP contribution in [0.4, 0.5) is 5.69 Å². The van der Waals surface area contributed by atoms with Crippen LogP contribution in [-0.2, 0) is 6.54 Å². The molecule has 0 bridgehead atoms.